The van der Waals surface area contributed by atoms with E-state index in [1.54, 1.807) is 22.9 Å². The molecular weight excluding hydrogens is 484 g/mol. The van der Waals surface area contributed by atoms with Crippen molar-refractivity contribution in [3.8, 4) is 28.5 Å². The number of rotatable bonds is 8. The maximum Gasteiger partial charge on any atom is 0.347 e. The van der Waals surface area contributed by atoms with Crippen molar-refractivity contribution in [2.45, 2.75) is 33.9 Å². The minimum absolute atomic E-state index is 0.246. The van der Waals surface area contributed by atoms with E-state index >= 15 is 0 Å². The second-order valence-electron chi connectivity index (χ2n) is 8.53. The van der Waals surface area contributed by atoms with Crippen LogP contribution >= 0.6 is 0 Å². The van der Waals surface area contributed by atoms with Crippen molar-refractivity contribution in [3.63, 3.8) is 0 Å². The molecule has 0 fully saturated rings. The highest BCUT2D eigenvalue weighted by molar-refractivity contribution is 6.05. The van der Waals surface area contributed by atoms with E-state index in [4.69, 9.17) is 9.47 Å². The third-order valence-corrected chi connectivity index (χ3v) is 6.07. The van der Waals surface area contributed by atoms with Crippen LogP contribution < -0.4 is 4.74 Å². The maximum atomic E-state index is 12.7. The van der Waals surface area contributed by atoms with Gasteiger partial charge in [0.25, 0.3) is 6.01 Å². The lowest BCUT2D eigenvalue weighted by Gasteiger charge is -2.13. The molecule has 0 spiro atoms. The molecule has 0 unspecified atom stereocenters. The molecule has 0 radical (unpaired) electrons. The van der Waals surface area contributed by atoms with Gasteiger partial charge in [-0.25, -0.2) is 9.48 Å². The number of para-hydroxylation sites is 1. The minimum atomic E-state index is -0.728. The van der Waals surface area contributed by atoms with Gasteiger partial charge in [0.1, 0.15) is 0 Å². The van der Waals surface area contributed by atoms with Crippen LogP contribution in [0.25, 0.3) is 33.5 Å². The van der Waals surface area contributed by atoms with Gasteiger partial charge in [-0.2, -0.15) is 4.98 Å². The van der Waals surface area contributed by atoms with Gasteiger partial charge >= 0.3 is 11.9 Å². The van der Waals surface area contributed by atoms with Gasteiger partial charge in [0.2, 0.25) is 0 Å². The van der Waals surface area contributed by atoms with E-state index in [1.807, 2.05) is 66.9 Å². The van der Waals surface area contributed by atoms with E-state index in [0.717, 1.165) is 22.3 Å². The Morgan fingerprint density at radius 3 is 2.39 bits per heavy atom. The SMILES string of the molecule is CCOc1nc2cccc(C(=O)OC(C)=O)c2n1Cc1ccc(-c2ccccc2-c2nnnn2CC)cc1. The number of nitrogens with zero attached hydrogens (tertiary/aromatic N) is 6. The predicted molar refractivity (Wildman–Crippen MR) is 140 cm³/mol. The summed E-state index contributed by atoms with van der Waals surface area (Å²) in [6.45, 7) is 6.53. The van der Waals surface area contributed by atoms with Crippen molar-refractivity contribution in [2.75, 3.05) is 6.61 Å². The summed E-state index contributed by atoms with van der Waals surface area (Å²) in [5.41, 5.74) is 5.31. The molecule has 0 N–H and O–H groups in total. The van der Waals surface area contributed by atoms with Crippen molar-refractivity contribution in [1.29, 1.82) is 0 Å². The van der Waals surface area contributed by atoms with Crippen LogP contribution in [-0.4, -0.2) is 48.3 Å². The Labute approximate surface area is 218 Å². The summed E-state index contributed by atoms with van der Waals surface area (Å²) in [5.74, 6) is -0.691. The average Bonchev–Trinajstić information content (AvgIpc) is 3.53. The van der Waals surface area contributed by atoms with Crippen molar-refractivity contribution in [3.05, 3.63) is 77.9 Å². The molecule has 10 nitrogen and oxygen atoms in total. The zero-order valence-electron chi connectivity index (χ0n) is 21.3. The normalized spacial score (nSPS) is 11.0. The molecule has 38 heavy (non-hydrogen) atoms. The second-order valence-corrected chi connectivity index (χ2v) is 8.53. The molecule has 2 heterocycles. The average molecular weight is 511 g/mol. The molecule has 0 amide bonds. The van der Waals surface area contributed by atoms with Crippen LogP contribution in [0.2, 0.25) is 0 Å². The molecular formula is C28H26N6O4. The minimum Gasteiger partial charge on any atom is -0.465 e. The van der Waals surface area contributed by atoms with E-state index < -0.39 is 11.9 Å². The van der Waals surface area contributed by atoms with Crippen LogP contribution in [0.4, 0.5) is 0 Å². The summed E-state index contributed by atoms with van der Waals surface area (Å²) in [7, 11) is 0. The van der Waals surface area contributed by atoms with Gasteiger partial charge in [-0.1, -0.05) is 54.6 Å². The van der Waals surface area contributed by atoms with E-state index in [9.17, 15) is 9.59 Å². The molecule has 5 aromatic rings. The number of aromatic nitrogens is 6. The molecule has 5 rings (SSSR count). The fourth-order valence-corrected chi connectivity index (χ4v) is 4.41. The standard InChI is InChI=1S/C28H26N6O4/c1-4-34-26(30-31-32-34)22-10-7-6-9-21(22)20-15-13-19(14-16-20)17-33-25-23(27(36)38-18(3)35)11-8-12-24(25)29-28(33)37-5-2/h6-16H,4-5,17H2,1-3H3. The van der Waals surface area contributed by atoms with Crippen molar-refractivity contribution >= 4 is 23.0 Å². The Kier molecular flexibility index (Phi) is 6.94. The zero-order chi connectivity index (χ0) is 26.6. The van der Waals surface area contributed by atoms with Gasteiger partial charge in [-0.3, -0.25) is 9.36 Å². The number of esters is 2. The fourth-order valence-electron chi connectivity index (χ4n) is 4.41. The van der Waals surface area contributed by atoms with Gasteiger partial charge < -0.3 is 9.47 Å². The number of ether oxygens (including phenoxy) is 2. The number of hydrogen-bond donors (Lipinski definition) is 0. The second kappa shape index (κ2) is 10.6. The fraction of sp³-hybridized carbons (Fsp3) is 0.214. The molecule has 0 aliphatic carbocycles. The molecule has 0 aliphatic heterocycles. The number of tetrazole rings is 1. The number of carbonyl (C=O) groups is 2. The van der Waals surface area contributed by atoms with Crippen LogP contribution in [0.15, 0.2) is 66.7 Å². The van der Waals surface area contributed by atoms with Crippen molar-refractivity contribution in [2.24, 2.45) is 0 Å². The summed E-state index contributed by atoms with van der Waals surface area (Å²) in [6, 6.07) is 21.6. The summed E-state index contributed by atoms with van der Waals surface area (Å²) >= 11 is 0. The van der Waals surface area contributed by atoms with Crippen molar-refractivity contribution in [1.82, 2.24) is 29.8 Å². The van der Waals surface area contributed by atoms with Crippen LogP contribution in [0.5, 0.6) is 6.01 Å². The van der Waals surface area contributed by atoms with Crippen LogP contribution in [0.3, 0.4) is 0 Å². The number of benzene rings is 3. The van der Waals surface area contributed by atoms with E-state index in [1.165, 1.54) is 6.92 Å². The molecule has 10 heteroatoms. The third-order valence-electron chi connectivity index (χ3n) is 6.07. The van der Waals surface area contributed by atoms with Crippen LogP contribution in [-0.2, 0) is 22.6 Å². The largest absolute Gasteiger partial charge is 0.465 e. The molecule has 2 aromatic heterocycles. The first kappa shape index (κ1) is 24.8. The molecule has 0 atom stereocenters. The van der Waals surface area contributed by atoms with Crippen LogP contribution in [0, 0.1) is 0 Å². The first-order chi connectivity index (χ1) is 18.5. The third kappa shape index (κ3) is 4.75. The van der Waals surface area contributed by atoms with Gasteiger partial charge in [0.05, 0.1) is 29.7 Å². The Hall–Kier alpha value is -4.86. The summed E-state index contributed by atoms with van der Waals surface area (Å²) in [4.78, 5) is 28.7. The van der Waals surface area contributed by atoms with Crippen molar-refractivity contribution < 1.29 is 19.1 Å². The zero-order valence-corrected chi connectivity index (χ0v) is 21.3. The monoisotopic (exact) mass is 510 g/mol. The summed E-state index contributed by atoms with van der Waals surface area (Å²) in [5, 5.41) is 12.1. The predicted octanol–water partition coefficient (Wildman–Crippen LogP) is 4.53. The number of carbonyl (C=O) groups excluding carboxylic acids is 2. The quantitative estimate of drug-likeness (QED) is 0.221. The number of hydrogen-bond acceptors (Lipinski definition) is 8. The number of imidazole rings is 1. The summed E-state index contributed by atoms with van der Waals surface area (Å²) < 4.78 is 14.3. The number of fused-ring (bicyclic) bond motifs is 1. The Bertz CT molecular complexity index is 1620. The smallest absolute Gasteiger partial charge is 0.347 e. The first-order valence-electron chi connectivity index (χ1n) is 12.3. The molecule has 3 aromatic carbocycles. The van der Waals surface area contributed by atoms with Gasteiger partial charge in [-0.05, 0) is 53.1 Å². The topological polar surface area (TPSA) is 114 Å². The Morgan fingerprint density at radius 1 is 0.921 bits per heavy atom. The maximum absolute atomic E-state index is 12.7. The van der Waals surface area contributed by atoms with E-state index in [2.05, 4.69) is 20.5 Å². The molecule has 192 valence electrons. The highest BCUT2D eigenvalue weighted by atomic mass is 16.6. The highest BCUT2D eigenvalue weighted by Crippen LogP contribution is 2.32. The molecule has 0 saturated heterocycles. The van der Waals surface area contributed by atoms with E-state index in [-0.39, 0.29) is 5.56 Å². The first-order valence-corrected chi connectivity index (χ1v) is 12.3. The molecule has 0 saturated carbocycles. The Morgan fingerprint density at radius 2 is 1.68 bits per heavy atom. The lowest BCUT2D eigenvalue weighted by Crippen LogP contribution is -2.12. The van der Waals surface area contributed by atoms with E-state index in [0.29, 0.717) is 42.6 Å². The van der Waals surface area contributed by atoms with Gasteiger partial charge in [-0.15, -0.1) is 5.10 Å². The number of aryl methyl sites for hydroxylation is 1. The summed E-state index contributed by atoms with van der Waals surface area (Å²) in [6.07, 6.45) is 0. The Balaban J connectivity index is 1.52. The lowest BCUT2D eigenvalue weighted by atomic mass is 9.98. The highest BCUT2D eigenvalue weighted by Gasteiger charge is 2.21. The molecule has 0 bridgehead atoms. The van der Waals surface area contributed by atoms with Gasteiger partial charge in [0.15, 0.2) is 5.82 Å². The van der Waals surface area contributed by atoms with Crippen LogP contribution in [0.1, 0.15) is 36.7 Å². The van der Waals surface area contributed by atoms with Gasteiger partial charge in [0, 0.05) is 19.0 Å². The lowest BCUT2D eigenvalue weighted by molar-refractivity contribution is -0.135. The molecule has 0 aliphatic rings.